The van der Waals surface area contributed by atoms with E-state index in [1.54, 1.807) is 4.90 Å². The quantitative estimate of drug-likeness (QED) is 0.936. The van der Waals surface area contributed by atoms with Gasteiger partial charge >= 0.3 is 0 Å². The van der Waals surface area contributed by atoms with Gasteiger partial charge in [0.25, 0.3) is 5.91 Å². The molecule has 1 aliphatic rings. The molecule has 23 heavy (non-hydrogen) atoms. The molecule has 3 rings (SSSR count). The van der Waals surface area contributed by atoms with E-state index < -0.39 is 11.6 Å². The lowest BCUT2D eigenvalue weighted by molar-refractivity contribution is 0.0299. The topological polar surface area (TPSA) is 67.4 Å². The van der Waals surface area contributed by atoms with Crippen LogP contribution in [-0.4, -0.2) is 47.1 Å². The molecule has 1 aromatic carbocycles. The van der Waals surface area contributed by atoms with Crippen molar-refractivity contribution in [1.82, 2.24) is 14.9 Å². The summed E-state index contributed by atoms with van der Waals surface area (Å²) in [6.45, 7) is 1.97. The zero-order valence-corrected chi connectivity index (χ0v) is 12.1. The van der Waals surface area contributed by atoms with Gasteiger partial charge in [0.1, 0.15) is 17.3 Å². The lowest BCUT2D eigenvalue weighted by Gasteiger charge is -2.26. The van der Waals surface area contributed by atoms with Gasteiger partial charge in [-0.25, -0.2) is 18.7 Å². The van der Waals surface area contributed by atoms with Crippen LogP contribution in [0.25, 0.3) is 0 Å². The molecule has 0 aliphatic carbocycles. The maximum absolute atomic E-state index is 13.6. The van der Waals surface area contributed by atoms with Crippen molar-refractivity contribution in [1.29, 1.82) is 0 Å². The van der Waals surface area contributed by atoms with Gasteiger partial charge in [0, 0.05) is 25.4 Å². The Kier molecular flexibility index (Phi) is 4.42. The van der Waals surface area contributed by atoms with Crippen LogP contribution in [-0.2, 0) is 4.74 Å². The average molecular weight is 320 g/mol. The van der Waals surface area contributed by atoms with Crippen LogP contribution in [0.1, 0.15) is 10.5 Å². The number of morpholine rings is 1. The van der Waals surface area contributed by atoms with Crippen LogP contribution in [0.15, 0.2) is 30.5 Å². The monoisotopic (exact) mass is 320 g/mol. The lowest BCUT2D eigenvalue weighted by atomic mass is 10.3. The normalized spacial score (nSPS) is 14.6. The van der Waals surface area contributed by atoms with Crippen molar-refractivity contribution in [2.45, 2.75) is 0 Å². The molecular formula is C15H14F2N4O2. The minimum Gasteiger partial charge on any atom is -0.378 e. The number of rotatable bonds is 3. The van der Waals surface area contributed by atoms with Crippen molar-refractivity contribution in [2.24, 2.45) is 0 Å². The molecule has 2 heterocycles. The standard InChI is InChI=1S/C15H14F2N4O2/c16-10-1-2-12(11(17)9-10)19-15-18-4-3-13(20-15)14(22)21-5-7-23-8-6-21/h1-4,9H,5-8H2,(H,18,19,20). The highest BCUT2D eigenvalue weighted by Gasteiger charge is 2.20. The summed E-state index contributed by atoms with van der Waals surface area (Å²) in [6.07, 6.45) is 1.41. The zero-order valence-electron chi connectivity index (χ0n) is 12.1. The van der Waals surface area contributed by atoms with Crippen LogP contribution in [0.2, 0.25) is 0 Å². The van der Waals surface area contributed by atoms with E-state index >= 15 is 0 Å². The van der Waals surface area contributed by atoms with E-state index in [0.29, 0.717) is 26.3 Å². The first kappa shape index (κ1) is 15.3. The minimum atomic E-state index is -0.765. The van der Waals surface area contributed by atoms with Crippen molar-refractivity contribution in [2.75, 3.05) is 31.6 Å². The fraction of sp³-hybridized carbons (Fsp3) is 0.267. The van der Waals surface area contributed by atoms with Gasteiger partial charge in [0.15, 0.2) is 0 Å². The molecule has 0 saturated carbocycles. The van der Waals surface area contributed by atoms with Crippen molar-refractivity contribution in [3.8, 4) is 0 Å². The molecule has 8 heteroatoms. The molecule has 0 bridgehead atoms. The third-order valence-electron chi connectivity index (χ3n) is 3.35. The largest absolute Gasteiger partial charge is 0.378 e. The summed E-state index contributed by atoms with van der Waals surface area (Å²) >= 11 is 0. The van der Waals surface area contributed by atoms with E-state index in [2.05, 4.69) is 15.3 Å². The van der Waals surface area contributed by atoms with Crippen molar-refractivity contribution < 1.29 is 18.3 Å². The van der Waals surface area contributed by atoms with Crippen molar-refractivity contribution in [3.63, 3.8) is 0 Å². The van der Waals surface area contributed by atoms with Crippen LogP contribution >= 0.6 is 0 Å². The smallest absolute Gasteiger partial charge is 0.272 e. The van der Waals surface area contributed by atoms with Crippen LogP contribution in [0, 0.1) is 11.6 Å². The van der Waals surface area contributed by atoms with Gasteiger partial charge in [-0.05, 0) is 18.2 Å². The SMILES string of the molecule is O=C(c1ccnc(Nc2ccc(F)cc2F)n1)N1CCOCC1. The summed E-state index contributed by atoms with van der Waals surface area (Å²) in [5.41, 5.74) is 0.231. The number of aromatic nitrogens is 2. The number of carbonyl (C=O) groups is 1. The van der Waals surface area contributed by atoms with Gasteiger partial charge in [0.05, 0.1) is 18.9 Å². The summed E-state index contributed by atoms with van der Waals surface area (Å²) in [5.74, 6) is -1.61. The molecule has 2 aromatic rings. The predicted molar refractivity (Wildman–Crippen MR) is 78.4 cm³/mol. The molecule has 120 valence electrons. The minimum absolute atomic E-state index is 0.0300. The first-order valence-electron chi connectivity index (χ1n) is 7.05. The van der Waals surface area contributed by atoms with Crippen LogP contribution in [0.3, 0.4) is 0 Å². The highest BCUT2D eigenvalue weighted by molar-refractivity contribution is 5.92. The van der Waals surface area contributed by atoms with Crippen LogP contribution < -0.4 is 5.32 Å². The number of halogens is 2. The lowest BCUT2D eigenvalue weighted by Crippen LogP contribution is -2.41. The van der Waals surface area contributed by atoms with Crippen LogP contribution in [0.4, 0.5) is 20.4 Å². The molecule has 1 N–H and O–H groups in total. The van der Waals surface area contributed by atoms with E-state index in [1.165, 1.54) is 18.3 Å². The van der Waals surface area contributed by atoms with Crippen molar-refractivity contribution in [3.05, 3.63) is 47.8 Å². The van der Waals surface area contributed by atoms with Gasteiger partial charge < -0.3 is 15.0 Å². The predicted octanol–water partition coefficient (Wildman–Crippen LogP) is 1.97. The zero-order chi connectivity index (χ0) is 16.2. The summed E-state index contributed by atoms with van der Waals surface area (Å²) in [4.78, 5) is 22.0. The number of amides is 1. The second-order valence-electron chi connectivity index (χ2n) is 4.92. The van der Waals surface area contributed by atoms with Crippen LogP contribution in [0.5, 0.6) is 0 Å². The van der Waals surface area contributed by atoms with Gasteiger partial charge in [-0.1, -0.05) is 0 Å². The number of carbonyl (C=O) groups excluding carboxylic acids is 1. The molecule has 1 aromatic heterocycles. The average Bonchev–Trinajstić information content (AvgIpc) is 2.58. The summed E-state index contributed by atoms with van der Waals surface area (Å²) < 4.78 is 31.7. The van der Waals surface area contributed by atoms with E-state index in [1.807, 2.05) is 0 Å². The first-order chi connectivity index (χ1) is 11.1. The van der Waals surface area contributed by atoms with E-state index in [-0.39, 0.29) is 23.2 Å². The molecule has 1 saturated heterocycles. The van der Waals surface area contributed by atoms with Gasteiger partial charge in [-0.2, -0.15) is 0 Å². The maximum atomic E-state index is 13.6. The Balaban J connectivity index is 1.78. The molecule has 0 atom stereocenters. The van der Waals surface area contributed by atoms with Gasteiger partial charge in [-0.3, -0.25) is 4.79 Å². The number of ether oxygens (including phenoxy) is 1. The van der Waals surface area contributed by atoms with Gasteiger partial charge in [-0.15, -0.1) is 0 Å². The third-order valence-corrected chi connectivity index (χ3v) is 3.35. The highest BCUT2D eigenvalue weighted by atomic mass is 19.1. The molecule has 6 nitrogen and oxygen atoms in total. The molecule has 1 aliphatic heterocycles. The summed E-state index contributed by atoms with van der Waals surface area (Å²) in [6, 6.07) is 4.60. The molecule has 0 radical (unpaired) electrons. The Labute approximate surface area is 131 Å². The number of hydrogen-bond donors (Lipinski definition) is 1. The summed E-state index contributed by atoms with van der Waals surface area (Å²) in [7, 11) is 0. The van der Waals surface area contributed by atoms with E-state index in [9.17, 15) is 13.6 Å². The fourth-order valence-corrected chi connectivity index (χ4v) is 2.18. The summed E-state index contributed by atoms with van der Waals surface area (Å²) in [5, 5.41) is 2.64. The number of nitrogens with zero attached hydrogens (tertiary/aromatic N) is 3. The first-order valence-corrected chi connectivity index (χ1v) is 7.05. The third kappa shape index (κ3) is 3.59. The molecular weight excluding hydrogens is 306 g/mol. The number of benzene rings is 1. The Morgan fingerprint density at radius 2 is 2.00 bits per heavy atom. The van der Waals surface area contributed by atoms with Crippen molar-refractivity contribution >= 4 is 17.5 Å². The Morgan fingerprint density at radius 1 is 1.22 bits per heavy atom. The van der Waals surface area contributed by atoms with E-state index in [4.69, 9.17) is 4.74 Å². The fourth-order valence-electron chi connectivity index (χ4n) is 2.18. The Morgan fingerprint density at radius 3 is 2.74 bits per heavy atom. The van der Waals surface area contributed by atoms with E-state index in [0.717, 1.165) is 12.1 Å². The molecule has 0 unspecified atom stereocenters. The maximum Gasteiger partial charge on any atom is 0.272 e. The molecule has 1 fully saturated rings. The molecule has 1 amide bonds. The Bertz CT molecular complexity index is 720. The molecule has 0 spiro atoms. The highest BCUT2D eigenvalue weighted by Crippen LogP contribution is 2.18. The van der Waals surface area contributed by atoms with Gasteiger partial charge in [0.2, 0.25) is 5.95 Å². The number of anilines is 2. The Hall–Kier alpha value is -2.61. The second-order valence-corrected chi connectivity index (χ2v) is 4.92. The number of nitrogens with one attached hydrogen (secondary N) is 1. The second kappa shape index (κ2) is 6.66. The number of hydrogen-bond acceptors (Lipinski definition) is 5.